The van der Waals surface area contributed by atoms with Crippen molar-refractivity contribution in [2.75, 3.05) is 24.3 Å². The lowest BCUT2D eigenvalue weighted by Crippen LogP contribution is -2.14. The number of nitrogen functional groups attached to an aromatic ring is 1. The SMILES string of the molecule is COC(=O)c1nc(C)n(C2CCSC2)c1N. The molecule has 1 aromatic rings. The van der Waals surface area contributed by atoms with E-state index in [9.17, 15) is 4.79 Å². The molecule has 0 aliphatic carbocycles. The molecule has 1 atom stereocenters. The normalized spacial score (nSPS) is 20.0. The van der Waals surface area contributed by atoms with Crippen LogP contribution in [0.2, 0.25) is 0 Å². The Bertz CT molecular complexity index is 410. The Morgan fingerprint density at radius 1 is 1.69 bits per heavy atom. The smallest absolute Gasteiger partial charge is 0.360 e. The number of imidazole rings is 1. The Balaban J connectivity index is 2.38. The number of aromatic nitrogens is 2. The highest BCUT2D eigenvalue weighted by molar-refractivity contribution is 7.99. The molecule has 0 aromatic carbocycles. The van der Waals surface area contributed by atoms with Crippen molar-refractivity contribution in [2.24, 2.45) is 0 Å². The van der Waals surface area contributed by atoms with Gasteiger partial charge in [-0.25, -0.2) is 9.78 Å². The van der Waals surface area contributed by atoms with Gasteiger partial charge >= 0.3 is 5.97 Å². The first-order chi connectivity index (χ1) is 7.65. The second-order valence-electron chi connectivity index (χ2n) is 3.77. The number of rotatable bonds is 2. The van der Waals surface area contributed by atoms with Gasteiger partial charge in [0.25, 0.3) is 0 Å². The zero-order valence-electron chi connectivity index (χ0n) is 9.40. The lowest BCUT2D eigenvalue weighted by molar-refractivity contribution is 0.0595. The molecule has 2 N–H and O–H groups in total. The summed E-state index contributed by atoms with van der Waals surface area (Å²) in [5.41, 5.74) is 6.18. The van der Waals surface area contributed by atoms with Gasteiger partial charge in [0, 0.05) is 11.8 Å². The number of aryl methyl sites for hydroxylation is 1. The molecule has 6 heteroatoms. The van der Waals surface area contributed by atoms with Crippen molar-refractivity contribution in [3.05, 3.63) is 11.5 Å². The van der Waals surface area contributed by atoms with Crippen LogP contribution in [0.1, 0.15) is 28.8 Å². The molecule has 0 amide bonds. The first-order valence-electron chi connectivity index (χ1n) is 5.15. The van der Waals surface area contributed by atoms with Gasteiger partial charge in [0.15, 0.2) is 5.69 Å². The molecule has 0 spiro atoms. The van der Waals surface area contributed by atoms with E-state index in [4.69, 9.17) is 5.73 Å². The van der Waals surface area contributed by atoms with Gasteiger partial charge in [-0.05, 0) is 19.1 Å². The average Bonchev–Trinajstić information content (AvgIpc) is 2.86. The second kappa shape index (κ2) is 4.37. The van der Waals surface area contributed by atoms with Crippen molar-refractivity contribution in [1.82, 2.24) is 9.55 Å². The Morgan fingerprint density at radius 3 is 3.00 bits per heavy atom. The van der Waals surface area contributed by atoms with Crippen molar-refractivity contribution in [2.45, 2.75) is 19.4 Å². The van der Waals surface area contributed by atoms with Gasteiger partial charge in [-0.2, -0.15) is 11.8 Å². The number of carbonyl (C=O) groups excluding carboxylic acids is 1. The molecule has 1 saturated heterocycles. The number of ether oxygens (including phenoxy) is 1. The zero-order chi connectivity index (χ0) is 11.7. The van der Waals surface area contributed by atoms with Crippen LogP contribution in [0.25, 0.3) is 0 Å². The molecule has 1 aromatic heterocycles. The first kappa shape index (κ1) is 11.3. The van der Waals surface area contributed by atoms with Crippen molar-refractivity contribution in [1.29, 1.82) is 0 Å². The maximum Gasteiger partial charge on any atom is 0.360 e. The number of nitrogens with two attached hydrogens (primary N) is 1. The Kier molecular flexibility index (Phi) is 3.09. The largest absolute Gasteiger partial charge is 0.464 e. The number of anilines is 1. The predicted octanol–water partition coefficient (Wildman–Crippen LogP) is 1.24. The fourth-order valence-corrected chi connectivity index (χ4v) is 3.19. The van der Waals surface area contributed by atoms with Crippen LogP contribution in [0.4, 0.5) is 5.82 Å². The number of esters is 1. The number of hydrogen-bond donors (Lipinski definition) is 1. The van der Waals surface area contributed by atoms with E-state index in [1.807, 2.05) is 23.3 Å². The molecule has 1 fully saturated rings. The van der Waals surface area contributed by atoms with Crippen LogP contribution in [0.15, 0.2) is 0 Å². The van der Waals surface area contributed by atoms with Gasteiger partial charge in [0.2, 0.25) is 0 Å². The predicted molar refractivity (Wildman–Crippen MR) is 63.7 cm³/mol. The highest BCUT2D eigenvalue weighted by Gasteiger charge is 2.26. The van der Waals surface area contributed by atoms with E-state index in [1.54, 1.807) is 0 Å². The van der Waals surface area contributed by atoms with Crippen molar-refractivity contribution < 1.29 is 9.53 Å². The third-order valence-corrected chi connectivity index (χ3v) is 3.92. The number of nitrogens with zero attached hydrogens (tertiary/aromatic N) is 2. The quantitative estimate of drug-likeness (QED) is 0.789. The Labute approximate surface area is 98.4 Å². The summed E-state index contributed by atoms with van der Waals surface area (Å²) in [5, 5.41) is 0. The van der Waals surface area contributed by atoms with Crippen molar-refractivity contribution in [3.8, 4) is 0 Å². The summed E-state index contributed by atoms with van der Waals surface area (Å²) >= 11 is 1.90. The summed E-state index contributed by atoms with van der Waals surface area (Å²) in [4.78, 5) is 15.6. The second-order valence-corrected chi connectivity index (χ2v) is 4.92. The summed E-state index contributed by atoms with van der Waals surface area (Å²) < 4.78 is 6.60. The number of methoxy groups -OCH3 is 1. The summed E-state index contributed by atoms with van der Waals surface area (Å²) in [6, 6.07) is 0.357. The molecule has 16 heavy (non-hydrogen) atoms. The Morgan fingerprint density at radius 2 is 2.44 bits per heavy atom. The monoisotopic (exact) mass is 241 g/mol. The summed E-state index contributed by atoms with van der Waals surface area (Å²) in [6.07, 6.45) is 1.08. The van der Waals surface area contributed by atoms with Crippen LogP contribution < -0.4 is 5.73 Å². The molecule has 0 saturated carbocycles. The van der Waals surface area contributed by atoms with Gasteiger partial charge in [-0.3, -0.25) is 0 Å². The van der Waals surface area contributed by atoms with Crippen LogP contribution in [0.3, 0.4) is 0 Å². The van der Waals surface area contributed by atoms with E-state index in [2.05, 4.69) is 9.72 Å². The molecular formula is C10H15N3O2S. The molecule has 2 heterocycles. The van der Waals surface area contributed by atoms with Crippen molar-refractivity contribution >= 4 is 23.5 Å². The lowest BCUT2D eigenvalue weighted by Gasteiger charge is -2.14. The van der Waals surface area contributed by atoms with Crippen LogP contribution >= 0.6 is 11.8 Å². The molecule has 0 bridgehead atoms. The van der Waals surface area contributed by atoms with E-state index < -0.39 is 5.97 Å². The van der Waals surface area contributed by atoms with Gasteiger partial charge < -0.3 is 15.0 Å². The third-order valence-electron chi connectivity index (χ3n) is 2.77. The van der Waals surface area contributed by atoms with Gasteiger partial charge in [0.05, 0.1) is 7.11 Å². The van der Waals surface area contributed by atoms with Gasteiger partial charge in [-0.1, -0.05) is 0 Å². The molecule has 1 aliphatic rings. The molecule has 2 rings (SSSR count). The van der Waals surface area contributed by atoms with E-state index in [0.29, 0.717) is 11.9 Å². The number of hydrogen-bond acceptors (Lipinski definition) is 5. The molecule has 1 unspecified atom stereocenters. The van der Waals surface area contributed by atoms with E-state index in [1.165, 1.54) is 7.11 Å². The van der Waals surface area contributed by atoms with E-state index >= 15 is 0 Å². The summed E-state index contributed by atoms with van der Waals surface area (Å²) in [7, 11) is 1.33. The molecule has 5 nitrogen and oxygen atoms in total. The maximum absolute atomic E-state index is 11.4. The lowest BCUT2D eigenvalue weighted by atomic mass is 10.2. The minimum Gasteiger partial charge on any atom is -0.464 e. The average molecular weight is 241 g/mol. The zero-order valence-corrected chi connectivity index (χ0v) is 10.2. The highest BCUT2D eigenvalue weighted by Crippen LogP contribution is 2.32. The summed E-state index contributed by atoms with van der Waals surface area (Å²) in [6.45, 7) is 1.87. The van der Waals surface area contributed by atoms with Crippen LogP contribution in [0.5, 0.6) is 0 Å². The van der Waals surface area contributed by atoms with Crippen molar-refractivity contribution in [3.63, 3.8) is 0 Å². The van der Waals surface area contributed by atoms with Crippen LogP contribution in [-0.2, 0) is 4.74 Å². The highest BCUT2D eigenvalue weighted by atomic mass is 32.2. The Hall–Kier alpha value is -1.17. The fourth-order valence-electron chi connectivity index (χ4n) is 1.99. The fraction of sp³-hybridized carbons (Fsp3) is 0.600. The van der Waals surface area contributed by atoms with E-state index in [0.717, 1.165) is 23.8 Å². The summed E-state index contributed by atoms with van der Waals surface area (Å²) in [5.74, 6) is 2.91. The van der Waals surface area contributed by atoms with E-state index in [-0.39, 0.29) is 5.69 Å². The van der Waals surface area contributed by atoms with Crippen LogP contribution in [0, 0.1) is 6.92 Å². The van der Waals surface area contributed by atoms with Gasteiger partial charge in [0.1, 0.15) is 11.6 Å². The number of carbonyl (C=O) groups is 1. The number of thioether (sulfide) groups is 1. The molecular weight excluding hydrogens is 226 g/mol. The minimum atomic E-state index is -0.468. The molecule has 1 aliphatic heterocycles. The standard InChI is InChI=1S/C10H15N3O2S/c1-6-12-8(10(14)15-2)9(11)13(6)7-3-4-16-5-7/h7H,3-5,11H2,1-2H3. The molecule has 0 radical (unpaired) electrons. The maximum atomic E-state index is 11.4. The van der Waals surface area contributed by atoms with Crippen LogP contribution in [-0.4, -0.2) is 34.1 Å². The molecule has 88 valence electrons. The minimum absolute atomic E-state index is 0.233. The first-order valence-corrected chi connectivity index (χ1v) is 6.31. The van der Waals surface area contributed by atoms with Gasteiger partial charge in [-0.15, -0.1) is 0 Å². The topological polar surface area (TPSA) is 70.1 Å². The third kappa shape index (κ3) is 1.77.